The summed E-state index contributed by atoms with van der Waals surface area (Å²) in [5.41, 5.74) is 0. The van der Waals surface area contributed by atoms with Crippen molar-refractivity contribution in [1.82, 2.24) is 0 Å². The lowest BCUT2D eigenvalue weighted by molar-refractivity contribution is -0.00948. The molecular formula is C13H31O6PSi. The first-order valence-electron chi connectivity index (χ1n) is 7.40. The maximum absolute atomic E-state index is 12.2. The fourth-order valence-electron chi connectivity index (χ4n) is 2.00. The number of hydrogen-bond donors (Lipinski definition) is 2. The first-order valence-corrected chi connectivity index (χ1v) is 10.7. The molecule has 0 aromatic heterocycles. The largest absolute Gasteiger partial charge is 0.520 e. The zero-order chi connectivity index (χ0) is 17.1. The van der Waals surface area contributed by atoms with Gasteiger partial charge in [-0.25, -0.2) is 0 Å². The Labute approximate surface area is 129 Å². The minimum atomic E-state index is -4.49. The molecule has 0 saturated heterocycles. The van der Waals surface area contributed by atoms with E-state index in [0.717, 1.165) is 0 Å². The summed E-state index contributed by atoms with van der Waals surface area (Å²) in [6.45, 7) is 14.1. The van der Waals surface area contributed by atoms with E-state index in [4.69, 9.17) is 13.3 Å². The van der Waals surface area contributed by atoms with Gasteiger partial charge in [0.15, 0.2) is 0 Å². The van der Waals surface area contributed by atoms with E-state index in [0.29, 0.717) is 0 Å². The van der Waals surface area contributed by atoms with Crippen molar-refractivity contribution < 1.29 is 27.6 Å². The molecule has 0 aliphatic rings. The lowest BCUT2D eigenvalue weighted by Crippen LogP contribution is -2.65. The molecule has 0 fully saturated rings. The SMILES string of the molecule is CCC(C)([Si](OC(C)C)(OC(C)C)OC(C)C)P(=O)(O)O. The van der Waals surface area contributed by atoms with Crippen LogP contribution in [0.2, 0.25) is 0 Å². The molecule has 0 aliphatic heterocycles. The third kappa shape index (κ3) is 5.13. The van der Waals surface area contributed by atoms with Gasteiger partial charge in [-0.2, -0.15) is 0 Å². The molecule has 0 rings (SSSR count). The van der Waals surface area contributed by atoms with E-state index < -0.39 is 21.2 Å². The predicted molar refractivity (Wildman–Crippen MR) is 85.2 cm³/mol. The molecule has 0 aliphatic carbocycles. The molecule has 2 N–H and O–H groups in total. The summed E-state index contributed by atoms with van der Waals surface area (Å²) in [6, 6.07) is 0. The highest BCUT2D eigenvalue weighted by atomic mass is 31.2. The Balaban J connectivity index is 6.09. The Bertz CT molecular complexity index is 341. The van der Waals surface area contributed by atoms with E-state index in [9.17, 15) is 14.4 Å². The van der Waals surface area contributed by atoms with E-state index >= 15 is 0 Å². The van der Waals surface area contributed by atoms with Gasteiger partial charge >= 0.3 is 16.4 Å². The average molecular weight is 342 g/mol. The summed E-state index contributed by atoms with van der Waals surface area (Å²) >= 11 is 0. The minimum absolute atomic E-state index is 0.204. The van der Waals surface area contributed by atoms with E-state index in [1.165, 1.54) is 6.92 Å². The first kappa shape index (κ1) is 21.2. The fraction of sp³-hybridized carbons (Fsp3) is 1.00. The van der Waals surface area contributed by atoms with E-state index in [2.05, 4.69) is 0 Å². The van der Waals surface area contributed by atoms with Crippen molar-refractivity contribution in [1.29, 1.82) is 0 Å². The maximum Gasteiger partial charge on any atom is 0.520 e. The van der Waals surface area contributed by atoms with Gasteiger partial charge in [-0.15, -0.1) is 0 Å². The average Bonchev–Trinajstić information content (AvgIpc) is 2.22. The van der Waals surface area contributed by atoms with Gasteiger partial charge in [0, 0.05) is 18.3 Å². The summed E-state index contributed by atoms with van der Waals surface area (Å²) in [5.74, 6) is 0. The second-order valence-corrected chi connectivity index (χ2v) is 11.6. The lowest BCUT2D eigenvalue weighted by Gasteiger charge is -2.45. The Morgan fingerprint density at radius 2 is 1.24 bits per heavy atom. The van der Waals surface area contributed by atoms with E-state index in [1.807, 2.05) is 41.5 Å². The highest BCUT2D eigenvalue weighted by molar-refractivity contribution is 7.56. The highest BCUT2D eigenvalue weighted by Gasteiger charge is 2.67. The van der Waals surface area contributed by atoms with Crippen molar-refractivity contribution >= 4 is 16.4 Å². The highest BCUT2D eigenvalue weighted by Crippen LogP contribution is 2.58. The standard InChI is InChI=1S/C13H31O6PSi/c1-9-13(8,20(14,15)16)21(17-10(2)3,18-11(4)5)19-12(6)7/h10-12H,9H2,1-8H3,(H2,14,15,16). The summed E-state index contributed by atoms with van der Waals surface area (Å²) in [4.78, 5) is 19.8. The van der Waals surface area contributed by atoms with Crippen LogP contribution in [0.15, 0.2) is 0 Å². The van der Waals surface area contributed by atoms with Gasteiger partial charge < -0.3 is 23.1 Å². The Hall–Kier alpha value is 0.247. The Morgan fingerprint density at radius 1 is 0.952 bits per heavy atom. The third-order valence-corrected chi connectivity index (χ3v) is 10.5. The quantitative estimate of drug-likeness (QED) is 0.495. The molecule has 1 atom stereocenters. The summed E-state index contributed by atoms with van der Waals surface area (Å²) in [6.07, 6.45) is -0.569. The summed E-state index contributed by atoms with van der Waals surface area (Å²) < 4.78 is 28.5. The number of hydrogen-bond acceptors (Lipinski definition) is 4. The molecule has 0 aromatic rings. The minimum Gasteiger partial charge on any atom is -0.370 e. The molecule has 0 radical (unpaired) electrons. The van der Waals surface area contributed by atoms with Crippen LogP contribution in [-0.2, 0) is 17.8 Å². The smallest absolute Gasteiger partial charge is 0.370 e. The second-order valence-electron chi connectivity index (χ2n) is 6.23. The van der Waals surface area contributed by atoms with Crippen LogP contribution in [0.25, 0.3) is 0 Å². The molecular weight excluding hydrogens is 311 g/mol. The topological polar surface area (TPSA) is 85.2 Å². The summed E-state index contributed by atoms with van der Waals surface area (Å²) in [5, 5.41) is 0. The van der Waals surface area contributed by atoms with Crippen LogP contribution in [-0.4, -0.2) is 41.7 Å². The zero-order valence-electron chi connectivity index (χ0n) is 14.4. The van der Waals surface area contributed by atoms with E-state index in [1.54, 1.807) is 6.92 Å². The predicted octanol–water partition coefficient (Wildman–Crippen LogP) is 3.09. The van der Waals surface area contributed by atoms with Crippen molar-refractivity contribution in [2.75, 3.05) is 0 Å². The van der Waals surface area contributed by atoms with Crippen molar-refractivity contribution in [2.24, 2.45) is 0 Å². The Kier molecular flexibility index (Phi) is 7.77. The molecule has 0 bridgehead atoms. The molecule has 0 heterocycles. The van der Waals surface area contributed by atoms with Crippen LogP contribution in [0, 0.1) is 0 Å². The molecule has 0 aromatic carbocycles. The molecule has 8 heteroatoms. The molecule has 21 heavy (non-hydrogen) atoms. The number of rotatable bonds is 9. The van der Waals surface area contributed by atoms with Crippen LogP contribution in [0.5, 0.6) is 0 Å². The molecule has 128 valence electrons. The van der Waals surface area contributed by atoms with Crippen molar-refractivity contribution in [3.05, 3.63) is 0 Å². The van der Waals surface area contributed by atoms with Crippen LogP contribution in [0.4, 0.5) is 0 Å². The maximum atomic E-state index is 12.2. The molecule has 6 nitrogen and oxygen atoms in total. The van der Waals surface area contributed by atoms with Crippen LogP contribution in [0.1, 0.15) is 61.8 Å². The molecule has 0 saturated carbocycles. The normalized spacial score (nSPS) is 16.8. The monoisotopic (exact) mass is 342 g/mol. The van der Waals surface area contributed by atoms with Gasteiger partial charge in [0.1, 0.15) is 4.78 Å². The van der Waals surface area contributed by atoms with Crippen molar-refractivity contribution in [2.45, 2.75) is 84.9 Å². The zero-order valence-corrected chi connectivity index (χ0v) is 16.3. The van der Waals surface area contributed by atoms with Crippen molar-refractivity contribution in [3.63, 3.8) is 0 Å². The summed E-state index contributed by atoms with van der Waals surface area (Å²) in [7, 11) is -8.13. The van der Waals surface area contributed by atoms with Gasteiger partial charge in [0.25, 0.3) is 0 Å². The van der Waals surface area contributed by atoms with Gasteiger partial charge in [-0.05, 0) is 54.9 Å². The molecule has 0 spiro atoms. The van der Waals surface area contributed by atoms with Crippen molar-refractivity contribution in [3.8, 4) is 0 Å². The fourth-order valence-corrected chi connectivity index (χ4v) is 7.53. The van der Waals surface area contributed by atoms with Gasteiger partial charge in [-0.3, -0.25) is 4.57 Å². The molecule has 1 unspecified atom stereocenters. The van der Waals surface area contributed by atoms with Gasteiger partial charge in [-0.1, -0.05) is 6.92 Å². The third-order valence-electron chi connectivity index (χ3n) is 3.16. The van der Waals surface area contributed by atoms with Crippen LogP contribution >= 0.6 is 7.60 Å². The lowest BCUT2D eigenvalue weighted by atomic mass is 10.4. The van der Waals surface area contributed by atoms with E-state index in [-0.39, 0.29) is 24.7 Å². The molecule has 0 amide bonds. The Morgan fingerprint density at radius 3 is 1.38 bits per heavy atom. The second kappa shape index (κ2) is 7.68. The van der Waals surface area contributed by atoms with Gasteiger partial charge in [0.2, 0.25) is 0 Å². The van der Waals surface area contributed by atoms with Crippen LogP contribution in [0.3, 0.4) is 0 Å². The van der Waals surface area contributed by atoms with Crippen LogP contribution < -0.4 is 0 Å². The first-order chi connectivity index (χ1) is 9.31. The van der Waals surface area contributed by atoms with Gasteiger partial charge in [0.05, 0.1) is 0 Å².